The van der Waals surface area contributed by atoms with E-state index in [1.165, 1.54) is 64.1 Å². The fraction of sp³-hybridized carbons (Fsp3) is 0. The molecule has 278 valence electrons. The molecule has 1 aromatic heterocycles. The number of fused-ring (bicyclic) bond motifs is 6. The lowest BCUT2D eigenvalue weighted by Crippen LogP contribution is -2.74. The summed E-state index contributed by atoms with van der Waals surface area (Å²) in [4.78, 5) is 2.51. The molecule has 0 atom stereocenters. The number of aromatic nitrogens is 1. The molecule has 11 aromatic rings. The molecule has 59 heavy (non-hydrogen) atoms. The van der Waals surface area contributed by atoms with Crippen molar-refractivity contribution < 1.29 is 0 Å². The van der Waals surface area contributed by atoms with Crippen molar-refractivity contribution in [2.75, 3.05) is 4.90 Å². The topological polar surface area (TPSA) is 8.17 Å². The van der Waals surface area contributed by atoms with Gasteiger partial charge in [0, 0.05) is 27.8 Å². The largest absolute Gasteiger partial charge is 0.310 e. The molecule has 0 N–H and O–H groups in total. The summed E-state index contributed by atoms with van der Waals surface area (Å²) in [6.07, 6.45) is 0. The SMILES string of the molecule is c1ccc(-n2c3ccccc3c3c(N(c4cccc([Si](c5ccccc5)(c5ccccc5)c5ccccc5)c4)c4ccc5ccc6ccccc6c5c4)cccc32)cc1. The Morgan fingerprint density at radius 3 is 1.49 bits per heavy atom. The average Bonchev–Trinajstić information content (AvgIpc) is 3.66. The van der Waals surface area contributed by atoms with Gasteiger partial charge in [0.25, 0.3) is 0 Å². The first-order valence-corrected chi connectivity index (χ1v) is 22.4. The van der Waals surface area contributed by atoms with Crippen LogP contribution in [0, 0.1) is 0 Å². The summed E-state index contributed by atoms with van der Waals surface area (Å²) in [5.41, 5.74) is 6.86. The number of para-hydroxylation sites is 2. The number of hydrogen-bond donors (Lipinski definition) is 0. The molecule has 0 spiro atoms. The predicted molar refractivity (Wildman–Crippen MR) is 254 cm³/mol. The zero-order valence-corrected chi connectivity index (χ0v) is 33.5. The Hall–Kier alpha value is -7.46. The second-order valence-electron chi connectivity index (χ2n) is 15.3. The van der Waals surface area contributed by atoms with Crippen LogP contribution in [0.3, 0.4) is 0 Å². The Labute approximate surface area is 345 Å². The van der Waals surface area contributed by atoms with Crippen LogP contribution in [0.5, 0.6) is 0 Å². The molecule has 10 aromatic carbocycles. The van der Waals surface area contributed by atoms with Crippen LogP contribution in [0.1, 0.15) is 0 Å². The van der Waals surface area contributed by atoms with E-state index in [1.807, 2.05) is 0 Å². The maximum atomic E-state index is 2.51. The second kappa shape index (κ2) is 14.5. The molecule has 0 amide bonds. The third kappa shape index (κ3) is 5.70. The van der Waals surface area contributed by atoms with Crippen LogP contribution in [-0.4, -0.2) is 12.6 Å². The van der Waals surface area contributed by atoms with Gasteiger partial charge in [-0.25, -0.2) is 0 Å². The van der Waals surface area contributed by atoms with Gasteiger partial charge in [0.1, 0.15) is 0 Å². The highest BCUT2D eigenvalue weighted by atomic mass is 28.3. The zero-order chi connectivity index (χ0) is 39.2. The maximum absolute atomic E-state index is 2.83. The molecule has 0 bridgehead atoms. The van der Waals surface area contributed by atoms with E-state index in [1.54, 1.807) is 0 Å². The van der Waals surface area contributed by atoms with Crippen molar-refractivity contribution in [1.29, 1.82) is 0 Å². The Kier molecular flexibility index (Phi) is 8.53. The fourth-order valence-electron chi connectivity index (χ4n) is 9.54. The van der Waals surface area contributed by atoms with Gasteiger partial charge in [-0.05, 0) is 96.9 Å². The first-order valence-electron chi connectivity index (χ1n) is 20.4. The van der Waals surface area contributed by atoms with Gasteiger partial charge in [-0.15, -0.1) is 0 Å². The van der Waals surface area contributed by atoms with Gasteiger partial charge in [-0.2, -0.15) is 0 Å². The molecule has 2 nitrogen and oxygen atoms in total. The van der Waals surface area contributed by atoms with Crippen molar-refractivity contribution in [2.24, 2.45) is 0 Å². The highest BCUT2D eigenvalue weighted by Gasteiger charge is 2.41. The molecule has 0 saturated carbocycles. The molecule has 0 saturated heterocycles. The van der Waals surface area contributed by atoms with Crippen LogP contribution in [0.2, 0.25) is 0 Å². The first-order chi connectivity index (χ1) is 29.3. The second-order valence-corrected chi connectivity index (χ2v) is 19.1. The molecular weight excluding hydrogens is 729 g/mol. The van der Waals surface area contributed by atoms with Crippen molar-refractivity contribution in [3.63, 3.8) is 0 Å². The fourth-order valence-corrected chi connectivity index (χ4v) is 14.3. The van der Waals surface area contributed by atoms with Gasteiger partial charge in [0.05, 0.1) is 16.7 Å². The van der Waals surface area contributed by atoms with Crippen LogP contribution >= 0.6 is 0 Å². The number of anilines is 3. The lowest BCUT2D eigenvalue weighted by molar-refractivity contribution is 1.18. The summed E-state index contributed by atoms with van der Waals surface area (Å²) in [6.45, 7) is 0. The van der Waals surface area contributed by atoms with Crippen LogP contribution < -0.4 is 25.6 Å². The molecule has 0 aliphatic heterocycles. The lowest BCUT2D eigenvalue weighted by Gasteiger charge is -2.35. The predicted octanol–water partition coefficient (Wildman–Crippen LogP) is 11.9. The zero-order valence-electron chi connectivity index (χ0n) is 32.5. The summed E-state index contributed by atoms with van der Waals surface area (Å²) in [7, 11) is -2.83. The molecule has 0 aliphatic carbocycles. The van der Waals surface area contributed by atoms with Gasteiger partial charge in [0.15, 0.2) is 8.07 Å². The van der Waals surface area contributed by atoms with Gasteiger partial charge in [-0.1, -0.05) is 188 Å². The normalized spacial score (nSPS) is 11.7. The van der Waals surface area contributed by atoms with Crippen LogP contribution in [-0.2, 0) is 0 Å². The van der Waals surface area contributed by atoms with E-state index in [-0.39, 0.29) is 0 Å². The molecule has 0 fully saturated rings. The summed E-state index contributed by atoms with van der Waals surface area (Å²) in [5, 5.41) is 12.8. The van der Waals surface area contributed by atoms with Crippen LogP contribution in [0.25, 0.3) is 49.0 Å². The Bertz CT molecular complexity index is 3170. The van der Waals surface area contributed by atoms with Crippen molar-refractivity contribution in [3.05, 3.63) is 243 Å². The quantitative estimate of drug-likeness (QED) is 0.0849. The van der Waals surface area contributed by atoms with Gasteiger partial charge in [-0.3, -0.25) is 0 Å². The molecule has 0 radical (unpaired) electrons. The molecule has 1 heterocycles. The van der Waals surface area contributed by atoms with E-state index in [4.69, 9.17) is 0 Å². The van der Waals surface area contributed by atoms with E-state index >= 15 is 0 Å². The molecule has 3 heteroatoms. The number of rotatable bonds is 8. The summed E-state index contributed by atoms with van der Waals surface area (Å²) in [5.74, 6) is 0. The Morgan fingerprint density at radius 2 is 0.814 bits per heavy atom. The van der Waals surface area contributed by atoms with Crippen LogP contribution in [0.4, 0.5) is 17.1 Å². The maximum Gasteiger partial charge on any atom is 0.179 e. The first kappa shape index (κ1) is 34.8. The van der Waals surface area contributed by atoms with E-state index < -0.39 is 8.07 Å². The average molecular weight is 769 g/mol. The lowest BCUT2D eigenvalue weighted by atomic mass is 10.0. The summed E-state index contributed by atoms with van der Waals surface area (Å²) < 4.78 is 2.41. The highest BCUT2D eigenvalue weighted by molar-refractivity contribution is 7.19. The Balaban J connectivity index is 1.24. The Morgan fingerprint density at radius 1 is 0.322 bits per heavy atom. The van der Waals surface area contributed by atoms with Gasteiger partial charge >= 0.3 is 0 Å². The molecule has 0 unspecified atom stereocenters. The minimum absolute atomic E-state index is 1.11. The summed E-state index contributed by atoms with van der Waals surface area (Å²) in [6, 6.07) is 89.6. The minimum Gasteiger partial charge on any atom is -0.310 e. The molecular formula is C56H40N2Si. The third-order valence-electron chi connectivity index (χ3n) is 12.1. The van der Waals surface area contributed by atoms with Crippen molar-refractivity contribution in [1.82, 2.24) is 4.57 Å². The van der Waals surface area contributed by atoms with Gasteiger partial charge in [0.2, 0.25) is 0 Å². The van der Waals surface area contributed by atoms with E-state index in [0.717, 1.165) is 22.7 Å². The number of nitrogens with zero attached hydrogens (tertiary/aromatic N) is 2. The standard InChI is InChI=1S/C56H40N2Si/c1-5-20-43(21-6-1)58-53-32-16-15-31-51(53)56-54(33-18-34-55(56)58)57(45-38-37-42-36-35-41-19-13-14-30-50(41)52(42)40-45)44-22-17-29-49(39-44)59(46-23-7-2-8-24-46,47-25-9-3-10-26-47)48-27-11-4-12-28-48/h1-40H. The highest BCUT2D eigenvalue weighted by Crippen LogP contribution is 2.44. The van der Waals surface area contributed by atoms with Crippen molar-refractivity contribution in [3.8, 4) is 5.69 Å². The van der Waals surface area contributed by atoms with Crippen LogP contribution in [0.15, 0.2) is 243 Å². The van der Waals surface area contributed by atoms with E-state index in [0.29, 0.717) is 0 Å². The number of hydrogen-bond acceptors (Lipinski definition) is 1. The molecule has 0 aliphatic rings. The smallest absolute Gasteiger partial charge is 0.179 e. The summed E-state index contributed by atoms with van der Waals surface area (Å²) >= 11 is 0. The van der Waals surface area contributed by atoms with Gasteiger partial charge < -0.3 is 9.47 Å². The van der Waals surface area contributed by atoms with Crippen molar-refractivity contribution in [2.45, 2.75) is 0 Å². The minimum atomic E-state index is -2.83. The molecule has 11 rings (SSSR count). The van der Waals surface area contributed by atoms with E-state index in [9.17, 15) is 0 Å². The van der Waals surface area contributed by atoms with E-state index in [2.05, 4.69) is 252 Å². The monoisotopic (exact) mass is 768 g/mol. The third-order valence-corrected chi connectivity index (χ3v) is 16.9. The van der Waals surface area contributed by atoms with Crippen molar-refractivity contribution >= 4 is 89.2 Å². The number of benzene rings is 10.